The molecule has 0 aliphatic rings. The zero-order chi connectivity index (χ0) is 27.1. The van der Waals surface area contributed by atoms with Gasteiger partial charge < -0.3 is 10.2 Å². The Hall–Kier alpha value is -0.570. The van der Waals surface area contributed by atoms with E-state index in [0.29, 0.717) is 0 Å². The molecule has 0 spiro atoms. The number of rotatable bonds is 32. The molecule has 1 N–H and O–H groups in total. The van der Waals surface area contributed by atoms with Gasteiger partial charge in [0.25, 0.3) is 0 Å². The van der Waals surface area contributed by atoms with Crippen molar-refractivity contribution < 1.29 is 4.79 Å². The number of hydrogen-bond donors (Lipinski definition) is 1. The third-order valence-corrected chi connectivity index (χ3v) is 8.37. The number of hydrogen-bond acceptors (Lipinski definition) is 2. The van der Waals surface area contributed by atoms with Crippen LogP contribution in [0.4, 0.5) is 0 Å². The van der Waals surface area contributed by atoms with Crippen LogP contribution in [0.2, 0.25) is 0 Å². The lowest BCUT2D eigenvalue weighted by Gasteiger charge is -2.25. The van der Waals surface area contributed by atoms with Crippen molar-refractivity contribution in [2.75, 3.05) is 26.2 Å². The molecule has 222 valence electrons. The predicted molar refractivity (Wildman–Crippen MR) is 166 cm³/mol. The molecule has 0 rings (SSSR count). The Morgan fingerprint density at radius 3 is 1.24 bits per heavy atom. The van der Waals surface area contributed by atoms with E-state index in [0.717, 1.165) is 25.3 Å². The molecule has 1 unspecified atom stereocenters. The molecule has 0 heterocycles. The van der Waals surface area contributed by atoms with Gasteiger partial charge in [-0.25, -0.2) is 0 Å². The Balaban J connectivity index is 4.02. The molecule has 37 heavy (non-hydrogen) atoms. The van der Waals surface area contributed by atoms with Gasteiger partial charge in [0.05, 0.1) is 0 Å². The van der Waals surface area contributed by atoms with Crippen molar-refractivity contribution in [3.63, 3.8) is 0 Å². The van der Waals surface area contributed by atoms with E-state index >= 15 is 0 Å². The summed E-state index contributed by atoms with van der Waals surface area (Å²) in [6.07, 6.45) is 35.8. The minimum absolute atomic E-state index is 0.740. The van der Waals surface area contributed by atoms with Gasteiger partial charge in [0.1, 0.15) is 0 Å². The first-order valence-electron chi connectivity index (χ1n) is 17.2. The summed E-state index contributed by atoms with van der Waals surface area (Å²) >= 11 is 0. The van der Waals surface area contributed by atoms with Crippen molar-refractivity contribution in [1.29, 1.82) is 0 Å². The van der Waals surface area contributed by atoms with Crippen LogP contribution < -0.4 is 5.32 Å². The van der Waals surface area contributed by atoms with E-state index in [1.54, 1.807) is 0 Å². The Morgan fingerprint density at radius 1 is 0.514 bits per heavy atom. The van der Waals surface area contributed by atoms with E-state index in [2.05, 4.69) is 31.0 Å². The molecule has 0 radical (unpaired) electrons. The van der Waals surface area contributed by atoms with E-state index < -0.39 is 0 Å². The number of carbonyl (C=O) groups is 1. The van der Waals surface area contributed by atoms with E-state index in [1.165, 1.54) is 174 Å². The molecule has 0 aromatic carbocycles. The molecule has 0 aromatic heterocycles. The number of carbonyl (C=O) groups excluding carboxylic acids is 1. The van der Waals surface area contributed by atoms with E-state index in [4.69, 9.17) is 0 Å². The van der Waals surface area contributed by atoms with Gasteiger partial charge in [0, 0.05) is 6.54 Å². The highest BCUT2D eigenvalue weighted by Crippen LogP contribution is 2.16. The molecular weight excluding hydrogens is 452 g/mol. The first-order valence-corrected chi connectivity index (χ1v) is 17.2. The van der Waals surface area contributed by atoms with Crippen LogP contribution in [0.15, 0.2) is 0 Å². The maximum absolute atomic E-state index is 10.6. The van der Waals surface area contributed by atoms with Crippen LogP contribution in [0.25, 0.3) is 0 Å². The maximum Gasteiger partial charge on any atom is 0.207 e. The Bertz CT molecular complexity index is 428. The number of unbranched alkanes of at least 4 members (excludes halogenated alkanes) is 20. The molecule has 0 fully saturated rings. The fourth-order valence-electron chi connectivity index (χ4n) is 5.60. The molecule has 3 nitrogen and oxygen atoms in total. The average Bonchev–Trinajstić information content (AvgIpc) is 2.91. The number of nitrogens with zero attached hydrogens (tertiary/aromatic N) is 1. The van der Waals surface area contributed by atoms with E-state index in [9.17, 15) is 4.79 Å². The summed E-state index contributed by atoms with van der Waals surface area (Å²) < 4.78 is 0. The molecular formula is C34H70N2O. The standard InChI is InChI=1S/C34H70N2O/c1-4-7-9-11-13-15-17-18-20-22-24-26-31-36(32-28-34(6-3)27-29-35-33-37)30-25-23-21-19-16-14-12-10-8-5-2/h33-34H,4-32H2,1-3H3,(H,35,37). The Labute approximate surface area is 234 Å². The van der Waals surface area contributed by atoms with Crippen LogP contribution in [0.5, 0.6) is 0 Å². The zero-order valence-electron chi connectivity index (χ0n) is 26.0. The summed E-state index contributed by atoms with van der Waals surface area (Å²) in [6.45, 7) is 11.6. The fourth-order valence-corrected chi connectivity index (χ4v) is 5.60. The van der Waals surface area contributed by atoms with Gasteiger partial charge in [-0.2, -0.15) is 0 Å². The van der Waals surface area contributed by atoms with Crippen LogP contribution in [0.3, 0.4) is 0 Å². The zero-order valence-corrected chi connectivity index (χ0v) is 26.0. The SMILES string of the molecule is CCCCCCCCCCCCCCN(CCCCCCCCCCCC)CCC(CC)CCNC=O. The molecule has 0 saturated carbocycles. The second kappa shape index (κ2) is 31.6. The third kappa shape index (κ3) is 28.3. The second-order valence-electron chi connectivity index (χ2n) is 11.8. The van der Waals surface area contributed by atoms with Crippen LogP contribution in [-0.4, -0.2) is 37.5 Å². The Kier molecular flexibility index (Phi) is 31.2. The molecule has 0 saturated heterocycles. The van der Waals surface area contributed by atoms with E-state index in [-0.39, 0.29) is 0 Å². The number of nitrogens with one attached hydrogen (secondary N) is 1. The first kappa shape index (κ1) is 36.4. The summed E-state index contributed by atoms with van der Waals surface area (Å²) in [5, 5.41) is 2.86. The molecule has 0 aliphatic heterocycles. The highest BCUT2D eigenvalue weighted by atomic mass is 16.1. The normalized spacial score (nSPS) is 12.3. The first-order chi connectivity index (χ1) is 18.3. The second-order valence-corrected chi connectivity index (χ2v) is 11.8. The summed E-state index contributed by atoms with van der Waals surface area (Å²) in [5.41, 5.74) is 0. The van der Waals surface area contributed by atoms with Crippen molar-refractivity contribution >= 4 is 6.41 Å². The van der Waals surface area contributed by atoms with Crippen molar-refractivity contribution in [1.82, 2.24) is 10.2 Å². The molecule has 3 heteroatoms. The van der Waals surface area contributed by atoms with E-state index in [1.807, 2.05) is 0 Å². The van der Waals surface area contributed by atoms with Gasteiger partial charge >= 0.3 is 0 Å². The van der Waals surface area contributed by atoms with Gasteiger partial charge in [-0.1, -0.05) is 156 Å². The fraction of sp³-hybridized carbons (Fsp3) is 0.971. The van der Waals surface area contributed by atoms with Crippen molar-refractivity contribution in [2.24, 2.45) is 5.92 Å². The summed E-state index contributed by atoms with van der Waals surface area (Å²) in [5.74, 6) is 0.740. The summed E-state index contributed by atoms with van der Waals surface area (Å²) in [6, 6.07) is 0. The largest absolute Gasteiger partial charge is 0.359 e. The number of amides is 1. The molecule has 0 aliphatic carbocycles. The van der Waals surface area contributed by atoms with Gasteiger partial charge in [-0.05, 0) is 51.2 Å². The summed E-state index contributed by atoms with van der Waals surface area (Å²) in [4.78, 5) is 13.4. The minimum atomic E-state index is 0.740. The molecule has 0 aromatic rings. The van der Waals surface area contributed by atoms with Crippen molar-refractivity contribution in [3.8, 4) is 0 Å². The van der Waals surface area contributed by atoms with Crippen LogP contribution in [-0.2, 0) is 4.79 Å². The van der Waals surface area contributed by atoms with Crippen molar-refractivity contribution in [2.45, 2.75) is 181 Å². The van der Waals surface area contributed by atoms with Gasteiger partial charge in [0.15, 0.2) is 0 Å². The van der Waals surface area contributed by atoms with Gasteiger partial charge in [-0.3, -0.25) is 4.79 Å². The lowest BCUT2D eigenvalue weighted by molar-refractivity contribution is -0.109. The monoisotopic (exact) mass is 523 g/mol. The highest BCUT2D eigenvalue weighted by molar-refractivity contribution is 5.45. The lowest BCUT2D eigenvalue weighted by Crippen LogP contribution is -2.29. The molecule has 1 atom stereocenters. The minimum Gasteiger partial charge on any atom is -0.359 e. The topological polar surface area (TPSA) is 32.3 Å². The Morgan fingerprint density at radius 2 is 0.892 bits per heavy atom. The smallest absolute Gasteiger partial charge is 0.207 e. The average molecular weight is 523 g/mol. The van der Waals surface area contributed by atoms with Crippen LogP contribution >= 0.6 is 0 Å². The molecule has 1 amide bonds. The van der Waals surface area contributed by atoms with Gasteiger partial charge in [0.2, 0.25) is 6.41 Å². The highest BCUT2D eigenvalue weighted by Gasteiger charge is 2.10. The third-order valence-electron chi connectivity index (χ3n) is 8.37. The predicted octanol–water partition coefficient (Wildman–Crippen LogP) is 10.5. The van der Waals surface area contributed by atoms with Gasteiger partial charge in [-0.15, -0.1) is 0 Å². The quantitative estimate of drug-likeness (QED) is 0.0703. The summed E-state index contributed by atoms with van der Waals surface area (Å²) in [7, 11) is 0. The maximum atomic E-state index is 10.6. The van der Waals surface area contributed by atoms with Crippen LogP contribution in [0.1, 0.15) is 181 Å². The van der Waals surface area contributed by atoms with Crippen LogP contribution in [0, 0.1) is 5.92 Å². The molecule has 0 bridgehead atoms. The lowest BCUT2D eigenvalue weighted by atomic mass is 9.98. The van der Waals surface area contributed by atoms with Crippen molar-refractivity contribution in [3.05, 3.63) is 0 Å².